The predicted molar refractivity (Wildman–Crippen MR) is 67.4 cm³/mol. The van der Waals surface area contributed by atoms with Gasteiger partial charge >= 0.3 is 0 Å². The molecule has 0 heterocycles. The Balaban J connectivity index is 3.13. The zero-order valence-corrected chi connectivity index (χ0v) is 11.0. The molecule has 0 fully saturated rings. The van der Waals surface area contributed by atoms with Gasteiger partial charge in [-0.25, -0.2) is 8.42 Å². The van der Waals surface area contributed by atoms with Crippen LogP contribution in [0.25, 0.3) is 0 Å². The minimum absolute atomic E-state index is 0.0432. The van der Waals surface area contributed by atoms with Crippen molar-refractivity contribution in [1.29, 1.82) is 0 Å². The van der Waals surface area contributed by atoms with Gasteiger partial charge in [0.15, 0.2) is 0 Å². The Labute approximate surface area is 106 Å². The lowest BCUT2D eigenvalue weighted by Gasteiger charge is -2.07. The molecule has 1 aromatic carbocycles. The van der Waals surface area contributed by atoms with Gasteiger partial charge in [-0.15, -0.1) is 0 Å². The molecule has 0 unspecified atom stereocenters. The maximum atomic E-state index is 12.1. The molecule has 0 saturated carbocycles. The minimum Gasteiger partial charge on any atom is -0.500 e. The Hall–Kier alpha value is -1.04. The van der Waals surface area contributed by atoms with E-state index in [-0.39, 0.29) is 16.3 Å². The molecule has 0 aromatic heterocycles. The van der Waals surface area contributed by atoms with Crippen LogP contribution in [0.2, 0.25) is 5.02 Å². The minimum atomic E-state index is -3.59. The number of rotatable bonds is 5. The number of nitrogens with two attached hydrogens (primary N) is 1. The molecule has 0 saturated heterocycles. The second kappa shape index (κ2) is 6.05. The summed E-state index contributed by atoms with van der Waals surface area (Å²) >= 11 is 5.70. The van der Waals surface area contributed by atoms with E-state index in [1.54, 1.807) is 6.92 Å². The van der Waals surface area contributed by atoms with Crippen LogP contribution in [0.15, 0.2) is 40.3 Å². The van der Waals surface area contributed by atoms with Crippen molar-refractivity contribution in [2.24, 2.45) is 5.73 Å². The van der Waals surface area contributed by atoms with E-state index >= 15 is 0 Å². The third-order valence-corrected chi connectivity index (χ3v) is 4.15. The van der Waals surface area contributed by atoms with Crippen molar-refractivity contribution in [2.75, 3.05) is 13.2 Å². The monoisotopic (exact) mass is 275 g/mol. The Bertz CT molecular complexity index is 494. The third-order valence-electron chi connectivity index (χ3n) is 2.05. The van der Waals surface area contributed by atoms with E-state index in [1.165, 1.54) is 30.5 Å². The van der Waals surface area contributed by atoms with Crippen LogP contribution < -0.4 is 5.73 Å². The first-order valence-electron chi connectivity index (χ1n) is 5.03. The highest BCUT2D eigenvalue weighted by Gasteiger charge is 2.19. The molecule has 0 aliphatic carbocycles. The fourth-order valence-electron chi connectivity index (χ4n) is 1.16. The normalized spacial score (nSPS) is 12.5. The average Bonchev–Trinajstić information content (AvgIpc) is 2.30. The number of ether oxygens (including phenoxy) is 1. The molecule has 0 aliphatic rings. The largest absolute Gasteiger partial charge is 0.500 e. The number of hydrogen-bond acceptors (Lipinski definition) is 4. The van der Waals surface area contributed by atoms with Crippen LogP contribution in [0, 0.1) is 0 Å². The van der Waals surface area contributed by atoms with Gasteiger partial charge in [0.25, 0.3) is 0 Å². The second-order valence-electron chi connectivity index (χ2n) is 3.20. The Morgan fingerprint density at radius 2 is 2.00 bits per heavy atom. The predicted octanol–water partition coefficient (Wildman–Crippen LogP) is 1.95. The van der Waals surface area contributed by atoms with Crippen LogP contribution in [0.3, 0.4) is 0 Å². The zero-order valence-electron chi connectivity index (χ0n) is 9.39. The van der Waals surface area contributed by atoms with E-state index in [1.807, 2.05) is 0 Å². The van der Waals surface area contributed by atoms with Gasteiger partial charge in [0.05, 0.1) is 22.7 Å². The first-order chi connectivity index (χ1) is 8.02. The van der Waals surface area contributed by atoms with Crippen LogP contribution in [-0.2, 0) is 14.6 Å². The zero-order chi connectivity index (χ0) is 12.9. The maximum Gasteiger partial charge on any atom is 0.207 e. The molecular weight excluding hydrogens is 262 g/mol. The lowest BCUT2D eigenvalue weighted by atomic mass is 10.4. The molecule has 1 aromatic rings. The van der Waals surface area contributed by atoms with E-state index < -0.39 is 9.84 Å². The number of halogens is 1. The van der Waals surface area contributed by atoms with Gasteiger partial charge in [-0.1, -0.05) is 11.6 Å². The standard InChI is InChI=1S/C11H14ClNO3S/c1-2-16-8-11(7-13)17(14,15)10-5-3-9(12)4-6-10/h3-6,8H,2,7,13H2,1H3/b11-8+. The van der Waals surface area contributed by atoms with Crippen molar-refractivity contribution in [3.8, 4) is 0 Å². The SMILES string of the molecule is CCO/C=C(\CN)S(=O)(=O)c1ccc(Cl)cc1. The summed E-state index contributed by atoms with van der Waals surface area (Å²) in [6.07, 6.45) is 1.18. The van der Waals surface area contributed by atoms with Crippen molar-refractivity contribution in [3.05, 3.63) is 40.5 Å². The van der Waals surface area contributed by atoms with Crippen molar-refractivity contribution >= 4 is 21.4 Å². The van der Waals surface area contributed by atoms with Gasteiger partial charge in [-0.05, 0) is 31.2 Å². The molecule has 94 valence electrons. The van der Waals surface area contributed by atoms with Crippen molar-refractivity contribution in [3.63, 3.8) is 0 Å². The van der Waals surface area contributed by atoms with E-state index in [0.29, 0.717) is 11.6 Å². The van der Waals surface area contributed by atoms with Crippen molar-refractivity contribution in [1.82, 2.24) is 0 Å². The molecule has 0 bridgehead atoms. The molecule has 0 radical (unpaired) electrons. The Kier molecular flexibility index (Phi) is 4.99. The smallest absolute Gasteiger partial charge is 0.207 e. The second-order valence-corrected chi connectivity index (χ2v) is 5.64. The van der Waals surface area contributed by atoms with E-state index in [2.05, 4.69) is 0 Å². The van der Waals surface area contributed by atoms with Gasteiger partial charge in [-0.3, -0.25) is 0 Å². The topological polar surface area (TPSA) is 69.4 Å². The Morgan fingerprint density at radius 1 is 1.41 bits per heavy atom. The van der Waals surface area contributed by atoms with Crippen LogP contribution in [0.1, 0.15) is 6.92 Å². The van der Waals surface area contributed by atoms with E-state index in [4.69, 9.17) is 22.1 Å². The number of hydrogen-bond donors (Lipinski definition) is 1. The third kappa shape index (κ3) is 3.46. The highest BCUT2D eigenvalue weighted by molar-refractivity contribution is 7.95. The molecule has 1 rings (SSSR count). The summed E-state index contributed by atoms with van der Waals surface area (Å²) in [7, 11) is -3.59. The first kappa shape index (κ1) is 14.0. The van der Waals surface area contributed by atoms with Gasteiger partial charge in [0, 0.05) is 11.6 Å². The molecular formula is C11H14ClNO3S. The van der Waals surface area contributed by atoms with Crippen molar-refractivity contribution in [2.45, 2.75) is 11.8 Å². The highest BCUT2D eigenvalue weighted by atomic mass is 35.5. The van der Waals surface area contributed by atoms with Gasteiger partial charge in [0.2, 0.25) is 9.84 Å². The molecule has 0 aliphatic heterocycles. The van der Waals surface area contributed by atoms with Gasteiger partial charge < -0.3 is 10.5 Å². The van der Waals surface area contributed by atoms with E-state index in [0.717, 1.165) is 0 Å². The molecule has 4 nitrogen and oxygen atoms in total. The fraction of sp³-hybridized carbons (Fsp3) is 0.273. The Morgan fingerprint density at radius 3 is 2.47 bits per heavy atom. The summed E-state index contributed by atoms with van der Waals surface area (Å²) in [5, 5.41) is 0.479. The van der Waals surface area contributed by atoms with Crippen LogP contribution >= 0.6 is 11.6 Å². The van der Waals surface area contributed by atoms with Crippen LogP contribution in [0.4, 0.5) is 0 Å². The molecule has 2 N–H and O–H groups in total. The molecule has 0 atom stereocenters. The summed E-state index contributed by atoms with van der Waals surface area (Å²) < 4.78 is 29.2. The fourth-order valence-corrected chi connectivity index (χ4v) is 2.50. The van der Waals surface area contributed by atoms with Gasteiger partial charge in [-0.2, -0.15) is 0 Å². The molecule has 0 spiro atoms. The van der Waals surface area contributed by atoms with Crippen LogP contribution in [-0.4, -0.2) is 21.6 Å². The number of benzene rings is 1. The van der Waals surface area contributed by atoms with Gasteiger partial charge in [0.1, 0.15) is 0 Å². The lowest BCUT2D eigenvalue weighted by Crippen LogP contribution is -2.14. The first-order valence-corrected chi connectivity index (χ1v) is 6.90. The molecule has 17 heavy (non-hydrogen) atoms. The summed E-state index contributed by atoms with van der Waals surface area (Å²) in [6, 6.07) is 5.91. The summed E-state index contributed by atoms with van der Waals surface area (Å²) in [5.41, 5.74) is 5.41. The highest BCUT2D eigenvalue weighted by Crippen LogP contribution is 2.20. The summed E-state index contributed by atoms with van der Waals surface area (Å²) in [5.74, 6) is 0. The molecule has 6 heteroatoms. The summed E-state index contributed by atoms with van der Waals surface area (Å²) in [4.78, 5) is 0.194. The van der Waals surface area contributed by atoms with Crippen molar-refractivity contribution < 1.29 is 13.2 Å². The average molecular weight is 276 g/mol. The molecule has 0 amide bonds. The summed E-state index contributed by atoms with van der Waals surface area (Å²) in [6.45, 7) is 2.05. The number of sulfone groups is 1. The quantitative estimate of drug-likeness (QED) is 0.834. The lowest BCUT2D eigenvalue weighted by molar-refractivity contribution is 0.267. The van der Waals surface area contributed by atoms with E-state index in [9.17, 15) is 8.42 Å². The maximum absolute atomic E-state index is 12.1. The van der Waals surface area contributed by atoms with Crippen LogP contribution in [0.5, 0.6) is 0 Å².